The first-order valence-electron chi connectivity index (χ1n) is 9.16. The zero-order chi connectivity index (χ0) is 21.3. The molecular weight excluding hydrogens is 408 g/mol. The van der Waals surface area contributed by atoms with Crippen LogP contribution in [0.1, 0.15) is 12.5 Å². The molecule has 0 saturated heterocycles. The molecule has 2 amide bonds. The van der Waals surface area contributed by atoms with Gasteiger partial charge in [-0.2, -0.15) is 5.10 Å². The number of aromatic nitrogens is 2. The highest BCUT2D eigenvalue weighted by Gasteiger charge is 2.32. The van der Waals surface area contributed by atoms with Gasteiger partial charge in [0, 0.05) is 22.3 Å². The van der Waals surface area contributed by atoms with E-state index in [0.29, 0.717) is 33.7 Å². The lowest BCUT2D eigenvalue weighted by molar-refractivity contribution is -0.125. The lowest BCUT2D eigenvalue weighted by Crippen LogP contribution is -2.35. The Kier molecular flexibility index (Phi) is 5.33. The summed E-state index contributed by atoms with van der Waals surface area (Å²) in [5.41, 5.74) is 1.90. The number of carbonyl (C=O) groups is 2. The van der Waals surface area contributed by atoms with Gasteiger partial charge in [-0.25, -0.2) is 4.68 Å². The molecule has 1 unspecified atom stereocenters. The topological polar surface area (TPSA) is 94.5 Å². The second kappa shape index (κ2) is 8.08. The van der Waals surface area contributed by atoms with E-state index in [-0.39, 0.29) is 18.2 Å². The average molecular weight is 427 g/mol. The minimum absolute atomic E-state index is 0.0214. The van der Waals surface area contributed by atoms with Gasteiger partial charge in [-0.1, -0.05) is 17.7 Å². The summed E-state index contributed by atoms with van der Waals surface area (Å²) in [6, 6.07) is 13.1. The van der Waals surface area contributed by atoms with Crippen LogP contribution in [0.5, 0.6) is 11.5 Å². The van der Waals surface area contributed by atoms with Crippen LogP contribution in [0.15, 0.2) is 48.5 Å². The number of rotatable bonds is 5. The van der Waals surface area contributed by atoms with Crippen molar-refractivity contribution in [2.24, 2.45) is 0 Å². The van der Waals surface area contributed by atoms with Crippen LogP contribution >= 0.6 is 11.6 Å². The van der Waals surface area contributed by atoms with Gasteiger partial charge in [-0.15, -0.1) is 0 Å². The number of hydrogen-bond donors (Lipinski definition) is 2. The van der Waals surface area contributed by atoms with Crippen molar-refractivity contribution in [2.75, 3.05) is 24.9 Å². The number of hydrogen-bond acceptors (Lipinski definition) is 5. The van der Waals surface area contributed by atoms with E-state index in [9.17, 15) is 9.59 Å². The third kappa shape index (κ3) is 3.81. The van der Waals surface area contributed by atoms with E-state index in [2.05, 4.69) is 15.7 Å². The molecule has 154 valence electrons. The molecule has 9 heteroatoms. The molecule has 0 aliphatic carbocycles. The van der Waals surface area contributed by atoms with Crippen LogP contribution in [0.3, 0.4) is 0 Å². The van der Waals surface area contributed by atoms with Crippen molar-refractivity contribution in [3.63, 3.8) is 0 Å². The van der Waals surface area contributed by atoms with Crippen LogP contribution in [0.4, 0.5) is 11.5 Å². The van der Waals surface area contributed by atoms with Gasteiger partial charge in [0.2, 0.25) is 11.8 Å². The van der Waals surface area contributed by atoms with Gasteiger partial charge in [-0.3, -0.25) is 9.59 Å². The van der Waals surface area contributed by atoms with Crippen molar-refractivity contribution in [1.82, 2.24) is 9.78 Å². The van der Waals surface area contributed by atoms with Gasteiger partial charge in [0.05, 0.1) is 26.3 Å². The Labute approximate surface area is 177 Å². The molecule has 4 rings (SSSR count). The minimum Gasteiger partial charge on any atom is -0.493 e. The van der Waals surface area contributed by atoms with Crippen molar-refractivity contribution in [1.29, 1.82) is 0 Å². The summed E-state index contributed by atoms with van der Waals surface area (Å²) < 4.78 is 12.1. The van der Waals surface area contributed by atoms with E-state index in [0.717, 1.165) is 5.56 Å². The maximum Gasteiger partial charge on any atom is 0.249 e. The highest BCUT2D eigenvalue weighted by Crippen LogP contribution is 2.35. The number of halogens is 1. The molecule has 2 N–H and O–H groups in total. The van der Waals surface area contributed by atoms with Crippen LogP contribution in [-0.4, -0.2) is 35.8 Å². The number of fused-ring (bicyclic) bond motifs is 1. The quantitative estimate of drug-likeness (QED) is 0.648. The van der Waals surface area contributed by atoms with Crippen LogP contribution in [-0.2, 0) is 9.59 Å². The standard InChI is InChI=1S/C21H19ClN4O4/c1-29-17-7-6-12(8-18(17)30-2)15-10-19-24-20(27)11-16(26(19)25-15)21(28)23-14-5-3-4-13(22)9-14/h3-10,16H,11H2,1-2H3,(H,23,28)(H,24,27). The maximum absolute atomic E-state index is 12.9. The maximum atomic E-state index is 12.9. The van der Waals surface area contributed by atoms with Crippen molar-refractivity contribution in [3.05, 3.63) is 53.6 Å². The molecule has 1 aliphatic heterocycles. The van der Waals surface area contributed by atoms with Gasteiger partial charge in [0.25, 0.3) is 0 Å². The van der Waals surface area contributed by atoms with E-state index in [1.165, 1.54) is 4.68 Å². The summed E-state index contributed by atoms with van der Waals surface area (Å²) in [4.78, 5) is 25.1. The Morgan fingerprint density at radius 1 is 1.17 bits per heavy atom. The number of carbonyl (C=O) groups excluding carboxylic acids is 2. The molecule has 0 spiro atoms. The molecule has 1 aromatic heterocycles. The van der Waals surface area contributed by atoms with Crippen molar-refractivity contribution in [2.45, 2.75) is 12.5 Å². The van der Waals surface area contributed by atoms with Gasteiger partial charge in [0.1, 0.15) is 11.9 Å². The van der Waals surface area contributed by atoms with Crippen LogP contribution in [0, 0.1) is 0 Å². The largest absolute Gasteiger partial charge is 0.493 e. The minimum atomic E-state index is -0.790. The predicted molar refractivity (Wildman–Crippen MR) is 113 cm³/mol. The van der Waals surface area contributed by atoms with E-state index in [1.807, 2.05) is 6.07 Å². The van der Waals surface area contributed by atoms with Crippen LogP contribution < -0.4 is 20.1 Å². The third-order valence-electron chi connectivity index (χ3n) is 4.75. The second-order valence-electron chi connectivity index (χ2n) is 6.70. The first-order valence-corrected chi connectivity index (χ1v) is 9.54. The Hall–Kier alpha value is -3.52. The molecule has 3 aromatic rings. The van der Waals surface area contributed by atoms with Gasteiger partial charge in [0.15, 0.2) is 11.5 Å². The Morgan fingerprint density at radius 2 is 1.97 bits per heavy atom. The number of ether oxygens (including phenoxy) is 2. The molecule has 0 bridgehead atoms. The average Bonchev–Trinajstić information content (AvgIpc) is 3.16. The fourth-order valence-corrected chi connectivity index (χ4v) is 3.50. The number of benzene rings is 2. The Bertz CT molecular complexity index is 1130. The number of anilines is 2. The summed E-state index contributed by atoms with van der Waals surface area (Å²) in [6.07, 6.45) is -0.0214. The van der Waals surface area contributed by atoms with E-state index < -0.39 is 6.04 Å². The Balaban J connectivity index is 1.66. The number of nitrogens with one attached hydrogen (secondary N) is 2. The number of methoxy groups -OCH3 is 2. The second-order valence-corrected chi connectivity index (χ2v) is 7.13. The molecule has 1 atom stereocenters. The normalized spacial score (nSPS) is 15.2. The zero-order valence-electron chi connectivity index (χ0n) is 16.3. The molecule has 1 aliphatic rings. The molecule has 8 nitrogen and oxygen atoms in total. The highest BCUT2D eigenvalue weighted by molar-refractivity contribution is 6.30. The highest BCUT2D eigenvalue weighted by atomic mass is 35.5. The number of amides is 2. The molecule has 30 heavy (non-hydrogen) atoms. The SMILES string of the molecule is COc1ccc(-c2cc3n(n2)C(C(=O)Nc2cccc(Cl)c2)CC(=O)N3)cc1OC. The van der Waals surface area contributed by atoms with Crippen LogP contribution in [0.2, 0.25) is 5.02 Å². The van der Waals surface area contributed by atoms with E-state index in [4.69, 9.17) is 21.1 Å². The van der Waals surface area contributed by atoms with Crippen LogP contribution in [0.25, 0.3) is 11.3 Å². The molecular formula is C21H19ClN4O4. The van der Waals surface area contributed by atoms with Crippen molar-refractivity contribution < 1.29 is 19.1 Å². The van der Waals surface area contributed by atoms with Gasteiger partial charge in [-0.05, 0) is 36.4 Å². The number of nitrogens with zero attached hydrogens (tertiary/aromatic N) is 2. The summed E-state index contributed by atoms with van der Waals surface area (Å²) in [5, 5.41) is 10.6. The van der Waals surface area contributed by atoms with E-state index >= 15 is 0 Å². The van der Waals surface area contributed by atoms with Crippen molar-refractivity contribution >= 4 is 34.9 Å². The van der Waals surface area contributed by atoms with E-state index in [1.54, 1.807) is 56.7 Å². The summed E-state index contributed by atoms with van der Waals surface area (Å²) in [7, 11) is 3.11. The molecule has 0 radical (unpaired) electrons. The molecule has 2 aromatic carbocycles. The zero-order valence-corrected chi connectivity index (χ0v) is 17.1. The molecule has 0 fully saturated rings. The fraction of sp³-hybridized carbons (Fsp3) is 0.190. The van der Waals surface area contributed by atoms with Gasteiger partial charge >= 0.3 is 0 Å². The third-order valence-corrected chi connectivity index (χ3v) is 4.99. The summed E-state index contributed by atoms with van der Waals surface area (Å²) in [6.45, 7) is 0. The summed E-state index contributed by atoms with van der Waals surface area (Å²) >= 11 is 5.98. The lowest BCUT2D eigenvalue weighted by atomic mass is 10.1. The smallest absolute Gasteiger partial charge is 0.249 e. The first kappa shape index (κ1) is 19.8. The predicted octanol–water partition coefficient (Wildman–Crippen LogP) is 3.74. The molecule has 0 saturated carbocycles. The summed E-state index contributed by atoms with van der Waals surface area (Å²) in [5.74, 6) is 0.989. The monoisotopic (exact) mass is 426 g/mol. The first-order chi connectivity index (χ1) is 14.5. The lowest BCUT2D eigenvalue weighted by Gasteiger charge is -2.23. The Morgan fingerprint density at radius 3 is 2.70 bits per heavy atom. The van der Waals surface area contributed by atoms with Crippen molar-refractivity contribution in [3.8, 4) is 22.8 Å². The van der Waals surface area contributed by atoms with Gasteiger partial charge < -0.3 is 20.1 Å². The fourth-order valence-electron chi connectivity index (χ4n) is 3.31. The molecule has 2 heterocycles.